The Labute approximate surface area is 180 Å². The molecule has 0 radical (unpaired) electrons. The Kier molecular flexibility index (Phi) is 13.3. The van der Waals surface area contributed by atoms with E-state index in [4.69, 9.17) is 14.2 Å². The maximum atomic E-state index is 14.2. The summed E-state index contributed by atoms with van der Waals surface area (Å²) in [6.07, 6.45) is 7.74. The van der Waals surface area contributed by atoms with Gasteiger partial charge in [0.1, 0.15) is 17.5 Å². The van der Waals surface area contributed by atoms with Crippen LogP contribution in [0.4, 0.5) is 13.2 Å². The second kappa shape index (κ2) is 14.8. The monoisotopic (exact) mass is 432 g/mol. The van der Waals surface area contributed by atoms with Crippen molar-refractivity contribution >= 4 is 0 Å². The van der Waals surface area contributed by atoms with Crippen molar-refractivity contribution in [2.24, 2.45) is 0 Å². The lowest BCUT2D eigenvalue weighted by molar-refractivity contribution is -0.326. The zero-order valence-electron chi connectivity index (χ0n) is 19.2. The van der Waals surface area contributed by atoms with Crippen LogP contribution in [-0.4, -0.2) is 24.8 Å². The minimum Gasteiger partial charge on any atom is -0.327 e. The van der Waals surface area contributed by atoms with Gasteiger partial charge in [-0.15, -0.1) is 0 Å². The highest BCUT2D eigenvalue weighted by Gasteiger charge is 2.23. The normalized spacial score (nSPS) is 13.0. The van der Waals surface area contributed by atoms with Crippen molar-refractivity contribution in [3.05, 3.63) is 35.1 Å². The molecule has 0 heterocycles. The van der Waals surface area contributed by atoms with Crippen LogP contribution in [-0.2, 0) is 20.6 Å². The number of hydrogen-bond acceptors (Lipinski definition) is 3. The molecule has 30 heavy (non-hydrogen) atoms. The molecule has 1 atom stereocenters. The quantitative estimate of drug-likeness (QED) is 0.202. The van der Waals surface area contributed by atoms with Crippen LogP contribution in [0, 0.1) is 17.5 Å². The van der Waals surface area contributed by atoms with Gasteiger partial charge in [0.25, 0.3) is 6.48 Å². The van der Waals surface area contributed by atoms with E-state index in [9.17, 15) is 13.2 Å². The Hall–Kier alpha value is -1.11. The highest BCUT2D eigenvalue weighted by molar-refractivity contribution is 5.21. The first-order valence-corrected chi connectivity index (χ1v) is 11.3. The third kappa shape index (κ3) is 11.3. The number of benzene rings is 1. The molecule has 3 nitrogen and oxygen atoms in total. The van der Waals surface area contributed by atoms with E-state index in [-0.39, 0.29) is 24.2 Å². The van der Waals surface area contributed by atoms with Crippen molar-refractivity contribution in [3.63, 3.8) is 0 Å². The van der Waals surface area contributed by atoms with Gasteiger partial charge in [-0.3, -0.25) is 0 Å². The molecular formula is C24H39F3O3. The lowest BCUT2D eigenvalue weighted by atomic mass is 10.0. The van der Waals surface area contributed by atoms with Crippen molar-refractivity contribution in [2.45, 2.75) is 117 Å². The molecule has 1 unspecified atom stereocenters. The van der Waals surface area contributed by atoms with E-state index in [1.165, 1.54) is 25.7 Å². The summed E-state index contributed by atoms with van der Waals surface area (Å²) in [4.78, 5) is 0. The molecule has 0 aromatic heterocycles. The summed E-state index contributed by atoms with van der Waals surface area (Å²) >= 11 is 0. The lowest BCUT2D eigenvalue weighted by Crippen LogP contribution is -2.33. The van der Waals surface area contributed by atoms with Crippen molar-refractivity contribution < 1.29 is 27.4 Å². The van der Waals surface area contributed by atoms with Crippen LogP contribution in [0.3, 0.4) is 0 Å². The van der Waals surface area contributed by atoms with Gasteiger partial charge in [0.05, 0.1) is 18.3 Å². The third-order valence-corrected chi connectivity index (χ3v) is 4.74. The summed E-state index contributed by atoms with van der Waals surface area (Å²) in [5, 5.41) is 0. The lowest BCUT2D eigenvalue weighted by Gasteiger charge is -2.28. The molecule has 1 rings (SSSR count). The zero-order chi connectivity index (χ0) is 22.5. The number of ether oxygens (including phenoxy) is 3. The highest BCUT2D eigenvalue weighted by Crippen LogP contribution is 2.22. The van der Waals surface area contributed by atoms with Crippen LogP contribution < -0.4 is 0 Å². The predicted molar refractivity (Wildman–Crippen MR) is 114 cm³/mol. The topological polar surface area (TPSA) is 27.7 Å². The second-order valence-electron chi connectivity index (χ2n) is 8.38. The van der Waals surface area contributed by atoms with E-state index in [1.807, 2.05) is 27.7 Å². The Bertz CT molecular complexity index is 560. The van der Waals surface area contributed by atoms with E-state index in [0.29, 0.717) is 18.6 Å². The van der Waals surface area contributed by atoms with Crippen LogP contribution in [0.2, 0.25) is 0 Å². The Morgan fingerprint density at radius 2 is 1.23 bits per heavy atom. The summed E-state index contributed by atoms with van der Waals surface area (Å²) in [6.45, 7) is 8.72. The first-order valence-electron chi connectivity index (χ1n) is 11.3. The molecule has 0 saturated carbocycles. The van der Waals surface area contributed by atoms with Crippen LogP contribution in [0.15, 0.2) is 12.1 Å². The van der Waals surface area contributed by atoms with E-state index >= 15 is 0 Å². The smallest absolute Gasteiger partial charge is 0.272 e. The molecule has 0 spiro atoms. The molecule has 6 heteroatoms. The van der Waals surface area contributed by atoms with Gasteiger partial charge in [0.2, 0.25) is 0 Å². The first-order chi connectivity index (χ1) is 14.2. The first kappa shape index (κ1) is 26.9. The minimum absolute atomic E-state index is 0.00675. The molecule has 0 amide bonds. The number of hydrogen-bond donors (Lipinski definition) is 0. The van der Waals surface area contributed by atoms with Gasteiger partial charge in [-0.2, -0.15) is 0 Å². The molecule has 174 valence electrons. The summed E-state index contributed by atoms with van der Waals surface area (Å²) in [6, 6.07) is 1.41. The van der Waals surface area contributed by atoms with Gasteiger partial charge < -0.3 is 14.2 Å². The number of unbranched alkanes of at least 4 members (excludes halogenated alkanes) is 6. The summed E-state index contributed by atoms with van der Waals surface area (Å²) in [5.74, 6) is -2.72. The van der Waals surface area contributed by atoms with E-state index in [1.54, 1.807) is 0 Å². The Morgan fingerprint density at radius 1 is 0.733 bits per heavy atom. The summed E-state index contributed by atoms with van der Waals surface area (Å²) in [5.41, 5.74) is -0.169. The van der Waals surface area contributed by atoms with Crippen molar-refractivity contribution in [2.75, 3.05) is 0 Å². The van der Waals surface area contributed by atoms with Crippen molar-refractivity contribution in [1.82, 2.24) is 0 Å². The molecule has 1 aromatic rings. The maximum absolute atomic E-state index is 14.2. The summed E-state index contributed by atoms with van der Waals surface area (Å²) < 4.78 is 59.0. The van der Waals surface area contributed by atoms with Crippen molar-refractivity contribution in [1.29, 1.82) is 0 Å². The fourth-order valence-corrected chi connectivity index (χ4v) is 3.24. The molecule has 0 N–H and O–H groups in total. The summed E-state index contributed by atoms with van der Waals surface area (Å²) in [7, 11) is 0. The van der Waals surface area contributed by atoms with Gasteiger partial charge in [-0.1, -0.05) is 51.9 Å². The van der Waals surface area contributed by atoms with Gasteiger partial charge in [0, 0.05) is 24.1 Å². The van der Waals surface area contributed by atoms with Gasteiger partial charge >= 0.3 is 0 Å². The van der Waals surface area contributed by atoms with Crippen LogP contribution >= 0.6 is 0 Å². The van der Waals surface area contributed by atoms with Gasteiger partial charge in [-0.25, -0.2) is 13.2 Å². The molecular weight excluding hydrogens is 393 g/mol. The largest absolute Gasteiger partial charge is 0.327 e. The molecule has 0 aliphatic heterocycles. The number of rotatable bonds is 16. The SMILES string of the molecule is CCCCCCCCCC(Cc1c(F)cc(F)cc1F)OC(OC(C)C)OC(C)C. The number of halogens is 3. The molecule has 1 aromatic carbocycles. The minimum atomic E-state index is -0.928. The third-order valence-electron chi connectivity index (χ3n) is 4.74. The van der Waals surface area contributed by atoms with E-state index in [0.717, 1.165) is 19.3 Å². The fourth-order valence-electron chi connectivity index (χ4n) is 3.24. The Balaban J connectivity index is 2.79. The van der Waals surface area contributed by atoms with Crippen LogP contribution in [0.5, 0.6) is 0 Å². The average molecular weight is 433 g/mol. The van der Waals surface area contributed by atoms with E-state index < -0.39 is 30.0 Å². The molecule has 0 saturated heterocycles. The van der Waals surface area contributed by atoms with Crippen LogP contribution in [0.1, 0.15) is 91.5 Å². The zero-order valence-corrected chi connectivity index (χ0v) is 19.2. The van der Waals surface area contributed by atoms with Crippen LogP contribution in [0.25, 0.3) is 0 Å². The highest BCUT2D eigenvalue weighted by atomic mass is 19.1. The molecule has 0 aliphatic rings. The van der Waals surface area contributed by atoms with E-state index in [2.05, 4.69) is 6.92 Å². The van der Waals surface area contributed by atoms with Gasteiger partial charge in [-0.05, 0) is 34.1 Å². The van der Waals surface area contributed by atoms with Crippen molar-refractivity contribution in [3.8, 4) is 0 Å². The molecule has 0 fully saturated rings. The van der Waals surface area contributed by atoms with Gasteiger partial charge in [0.15, 0.2) is 0 Å². The fraction of sp³-hybridized carbons (Fsp3) is 0.750. The standard InChI is InChI=1S/C24H39F3O3/c1-6-7-8-9-10-11-12-13-20(30-24(28-17(2)3)29-18(4)5)16-21-22(26)14-19(25)15-23(21)27/h14-15,17-18,20,24H,6-13,16H2,1-5H3. The maximum Gasteiger partial charge on any atom is 0.272 e. The second-order valence-corrected chi connectivity index (χ2v) is 8.38. The molecule has 0 aliphatic carbocycles. The average Bonchev–Trinajstić information content (AvgIpc) is 2.62. The Morgan fingerprint density at radius 3 is 1.73 bits per heavy atom. The molecule has 0 bridgehead atoms. The predicted octanol–water partition coefficient (Wildman–Crippen LogP) is 7.31.